The molecule has 0 fully saturated rings. The van der Waals surface area contributed by atoms with Gasteiger partial charge in [-0.05, 0) is 30.3 Å². The first-order valence-corrected chi connectivity index (χ1v) is 7.71. The van der Waals surface area contributed by atoms with Crippen LogP contribution in [0.4, 0.5) is 5.69 Å². The number of aromatic nitrogens is 1. The number of amides is 1. The van der Waals surface area contributed by atoms with Crippen molar-refractivity contribution in [1.82, 2.24) is 4.98 Å². The van der Waals surface area contributed by atoms with E-state index in [4.69, 9.17) is 9.47 Å². The van der Waals surface area contributed by atoms with E-state index >= 15 is 0 Å². The molecule has 1 amide bonds. The molecule has 2 N–H and O–H groups in total. The molecule has 3 rings (SSSR count). The summed E-state index contributed by atoms with van der Waals surface area (Å²) in [5.74, 6) is 1.00. The van der Waals surface area contributed by atoms with E-state index in [1.807, 2.05) is 30.3 Å². The normalized spacial score (nSPS) is 10.6. The second-order valence-corrected chi connectivity index (χ2v) is 5.83. The summed E-state index contributed by atoms with van der Waals surface area (Å²) in [6.07, 6.45) is 1.68. The molecule has 23 heavy (non-hydrogen) atoms. The Bertz CT molecular complexity index is 856. The molecule has 118 valence electrons. The molecule has 0 spiro atoms. The predicted molar refractivity (Wildman–Crippen MR) is 93.5 cm³/mol. The van der Waals surface area contributed by atoms with Crippen LogP contribution in [0.5, 0.6) is 11.5 Å². The number of carbonyl (C=O) groups is 1. The lowest BCUT2D eigenvalue weighted by atomic mass is 10.1. The van der Waals surface area contributed by atoms with Crippen LogP contribution in [0.25, 0.3) is 10.9 Å². The average Bonchev–Trinajstić information content (AvgIpc) is 2.98. The smallest absolute Gasteiger partial charge is 0.257 e. The quantitative estimate of drug-likeness (QED) is 0.719. The minimum Gasteiger partial charge on any atom is -0.493 e. The summed E-state index contributed by atoms with van der Waals surface area (Å²) in [6.45, 7) is 0. The molecule has 0 radical (unpaired) electrons. The summed E-state index contributed by atoms with van der Waals surface area (Å²) in [6, 6.07) is 11.0. The molecule has 6 heteroatoms. The van der Waals surface area contributed by atoms with Crippen molar-refractivity contribution in [3.63, 3.8) is 0 Å². The average molecular weight is 375 g/mol. The Labute approximate surface area is 141 Å². The lowest BCUT2D eigenvalue weighted by Gasteiger charge is -2.08. The summed E-state index contributed by atoms with van der Waals surface area (Å²) in [5, 5.41) is 3.65. The van der Waals surface area contributed by atoms with E-state index in [-0.39, 0.29) is 5.91 Å². The number of hydrogen-bond donors (Lipinski definition) is 2. The highest BCUT2D eigenvalue weighted by molar-refractivity contribution is 9.10. The first-order chi connectivity index (χ1) is 11.1. The summed E-state index contributed by atoms with van der Waals surface area (Å²) in [7, 11) is 3.14. The zero-order valence-corrected chi connectivity index (χ0v) is 14.2. The van der Waals surface area contributed by atoms with Crippen molar-refractivity contribution in [2.75, 3.05) is 19.5 Å². The Morgan fingerprint density at radius 2 is 1.74 bits per heavy atom. The molecule has 0 bridgehead atoms. The molecule has 1 heterocycles. The van der Waals surface area contributed by atoms with E-state index in [2.05, 4.69) is 26.2 Å². The SMILES string of the molecule is COc1cc2[nH]cc(C(=O)Nc3ccc(Br)cc3)c2cc1OC. The van der Waals surface area contributed by atoms with E-state index in [0.717, 1.165) is 21.1 Å². The van der Waals surface area contributed by atoms with Gasteiger partial charge in [0.05, 0.1) is 25.3 Å². The highest BCUT2D eigenvalue weighted by atomic mass is 79.9. The van der Waals surface area contributed by atoms with Gasteiger partial charge in [-0.3, -0.25) is 4.79 Å². The number of nitrogens with one attached hydrogen (secondary N) is 2. The van der Waals surface area contributed by atoms with Gasteiger partial charge in [0.1, 0.15) is 0 Å². The Morgan fingerprint density at radius 1 is 1.09 bits per heavy atom. The predicted octanol–water partition coefficient (Wildman–Crippen LogP) is 4.20. The second kappa shape index (κ2) is 6.34. The lowest BCUT2D eigenvalue weighted by Crippen LogP contribution is -2.11. The fourth-order valence-electron chi connectivity index (χ4n) is 2.37. The van der Waals surface area contributed by atoms with Crippen molar-refractivity contribution >= 4 is 38.4 Å². The molecule has 0 unspecified atom stereocenters. The van der Waals surface area contributed by atoms with Crippen molar-refractivity contribution in [2.24, 2.45) is 0 Å². The number of carbonyl (C=O) groups excluding carboxylic acids is 1. The van der Waals surface area contributed by atoms with E-state index < -0.39 is 0 Å². The third-order valence-electron chi connectivity index (χ3n) is 3.53. The molecule has 0 saturated carbocycles. The van der Waals surface area contributed by atoms with Crippen LogP contribution in [0.1, 0.15) is 10.4 Å². The van der Waals surface area contributed by atoms with Crippen molar-refractivity contribution in [1.29, 1.82) is 0 Å². The molecule has 0 saturated heterocycles. The van der Waals surface area contributed by atoms with Crippen molar-refractivity contribution in [2.45, 2.75) is 0 Å². The molecule has 0 atom stereocenters. The van der Waals surface area contributed by atoms with Gasteiger partial charge >= 0.3 is 0 Å². The third kappa shape index (κ3) is 3.03. The van der Waals surface area contributed by atoms with Gasteiger partial charge in [-0.15, -0.1) is 0 Å². The number of anilines is 1. The zero-order valence-electron chi connectivity index (χ0n) is 12.6. The molecule has 0 aliphatic carbocycles. The Hall–Kier alpha value is -2.47. The number of fused-ring (bicyclic) bond motifs is 1. The first-order valence-electron chi connectivity index (χ1n) is 6.92. The molecular weight excluding hydrogens is 360 g/mol. The van der Waals surface area contributed by atoms with E-state index in [1.165, 1.54) is 0 Å². The third-order valence-corrected chi connectivity index (χ3v) is 4.06. The summed E-state index contributed by atoms with van der Waals surface area (Å²) < 4.78 is 11.5. The van der Waals surface area contributed by atoms with Crippen LogP contribution in [0.15, 0.2) is 47.1 Å². The van der Waals surface area contributed by atoms with Gasteiger partial charge in [0.15, 0.2) is 11.5 Å². The molecule has 1 aromatic heterocycles. The van der Waals surface area contributed by atoms with Crippen molar-refractivity contribution in [3.05, 3.63) is 52.6 Å². The lowest BCUT2D eigenvalue weighted by molar-refractivity contribution is 0.102. The number of aromatic amines is 1. The van der Waals surface area contributed by atoms with Gasteiger partial charge in [-0.1, -0.05) is 15.9 Å². The standard InChI is InChI=1S/C17H15BrN2O3/c1-22-15-7-12-13(9-19-14(12)8-16(15)23-2)17(21)20-11-5-3-10(18)4-6-11/h3-9,19H,1-2H3,(H,20,21). The number of hydrogen-bond acceptors (Lipinski definition) is 3. The number of halogens is 1. The maximum atomic E-state index is 12.5. The summed E-state index contributed by atoms with van der Waals surface area (Å²) in [5.41, 5.74) is 2.08. The summed E-state index contributed by atoms with van der Waals surface area (Å²) in [4.78, 5) is 15.6. The van der Waals surface area contributed by atoms with Crippen LogP contribution in [0, 0.1) is 0 Å². The van der Waals surface area contributed by atoms with Gasteiger partial charge in [-0.25, -0.2) is 0 Å². The van der Waals surface area contributed by atoms with Gasteiger partial charge < -0.3 is 19.8 Å². The Kier molecular flexibility index (Phi) is 4.25. The fourth-order valence-corrected chi connectivity index (χ4v) is 2.63. The summed E-state index contributed by atoms with van der Waals surface area (Å²) >= 11 is 3.37. The van der Waals surface area contributed by atoms with Crippen molar-refractivity contribution in [3.8, 4) is 11.5 Å². The molecule has 5 nitrogen and oxygen atoms in total. The van der Waals surface area contributed by atoms with Crippen LogP contribution in [-0.4, -0.2) is 25.1 Å². The minimum absolute atomic E-state index is 0.189. The molecule has 0 aliphatic rings. The van der Waals surface area contributed by atoms with Crippen molar-refractivity contribution < 1.29 is 14.3 Å². The van der Waals surface area contributed by atoms with Gasteiger partial charge in [0.25, 0.3) is 5.91 Å². The number of ether oxygens (including phenoxy) is 2. The first kappa shape index (κ1) is 15.4. The van der Waals surface area contributed by atoms with Crippen LogP contribution in [-0.2, 0) is 0 Å². The highest BCUT2D eigenvalue weighted by Gasteiger charge is 2.15. The van der Waals surface area contributed by atoms with Gasteiger partial charge in [0, 0.05) is 27.8 Å². The van der Waals surface area contributed by atoms with Gasteiger partial charge in [0.2, 0.25) is 0 Å². The number of H-pyrrole nitrogens is 1. The number of rotatable bonds is 4. The number of methoxy groups -OCH3 is 2. The molecule has 0 aliphatic heterocycles. The highest BCUT2D eigenvalue weighted by Crippen LogP contribution is 2.33. The van der Waals surface area contributed by atoms with Gasteiger partial charge in [-0.2, -0.15) is 0 Å². The maximum Gasteiger partial charge on any atom is 0.257 e. The van der Waals surface area contributed by atoms with Crippen LogP contribution >= 0.6 is 15.9 Å². The maximum absolute atomic E-state index is 12.5. The van der Waals surface area contributed by atoms with Crippen LogP contribution < -0.4 is 14.8 Å². The molecule has 2 aromatic carbocycles. The van der Waals surface area contributed by atoms with Crippen LogP contribution in [0.3, 0.4) is 0 Å². The zero-order chi connectivity index (χ0) is 16.4. The minimum atomic E-state index is -0.189. The van der Waals surface area contributed by atoms with E-state index in [9.17, 15) is 4.79 Å². The van der Waals surface area contributed by atoms with E-state index in [0.29, 0.717) is 17.1 Å². The fraction of sp³-hybridized carbons (Fsp3) is 0.118. The Morgan fingerprint density at radius 3 is 2.39 bits per heavy atom. The number of benzene rings is 2. The monoisotopic (exact) mass is 374 g/mol. The topological polar surface area (TPSA) is 63.4 Å². The second-order valence-electron chi connectivity index (χ2n) is 4.92. The van der Waals surface area contributed by atoms with Crippen LogP contribution in [0.2, 0.25) is 0 Å². The van der Waals surface area contributed by atoms with E-state index in [1.54, 1.807) is 26.5 Å². The Balaban J connectivity index is 1.95. The molecular formula is C17H15BrN2O3. The molecule has 3 aromatic rings. The largest absolute Gasteiger partial charge is 0.493 e.